The maximum absolute atomic E-state index is 13.2. The molecule has 9 heteroatoms. The van der Waals surface area contributed by atoms with Crippen molar-refractivity contribution in [2.45, 2.75) is 32.6 Å². The molecule has 2 N–H and O–H groups in total. The molecule has 0 fully saturated rings. The summed E-state index contributed by atoms with van der Waals surface area (Å²) in [5.41, 5.74) is 6.57. The van der Waals surface area contributed by atoms with Gasteiger partial charge in [-0.05, 0) is 36.1 Å². The Hall–Kier alpha value is -2.83. The molecule has 162 valence electrons. The van der Waals surface area contributed by atoms with Gasteiger partial charge in [0.05, 0.1) is 23.3 Å². The Morgan fingerprint density at radius 3 is 2.13 bits per heavy atom. The Labute approximate surface area is 177 Å². The molecule has 0 aliphatic carbocycles. The highest BCUT2D eigenvalue weighted by Gasteiger charge is 2.26. The quantitative estimate of drug-likeness (QED) is 0.641. The molecule has 30 heavy (non-hydrogen) atoms. The topological polar surface area (TPSA) is 118 Å². The first-order chi connectivity index (χ1) is 14.0. The van der Waals surface area contributed by atoms with Crippen LogP contribution in [0, 0.1) is 23.2 Å². The van der Waals surface area contributed by atoms with Crippen LogP contribution in [0.4, 0.5) is 5.69 Å². The number of hydrogen-bond acceptors (Lipinski definition) is 6. The van der Waals surface area contributed by atoms with Gasteiger partial charge in [-0.3, -0.25) is 0 Å². The third kappa shape index (κ3) is 4.83. The van der Waals surface area contributed by atoms with Crippen molar-refractivity contribution in [1.29, 1.82) is 5.26 Å². The summed E-state index contributed by atoms with van der Waals surface area (Å²) in [4.78, 5) is 12.3. The van der Waals surface area contributed by atoms with Gasteiger partial charge in [0.1, 0.15) is 6.07 Å². The second-order valence-electron chi connectivity index (χ2n) is 7.88. The van der Waals surface area contributed by atoms with Gasteiger partial charge in [-0.25, -0.2) is 13.2 Å². The van der Waals surface area contributed by atoms with Crippen LogP contribution in [-0.4, -0.2) is 43.5 Å². The lowest BCUT2D eigenvalue weighted by Crippen LogP contribution is -2.37. The fraction of sp³-hybridized carbons (Fsp3) is 0.429. The van der Waals surface area contributed by atoms with E-state index in [1.54, 1.807) is 12.1 Å². The average molecular weight is 433 g/mol. The van der Waals surface area contributed by atoms with E-state index in [-0.39, 0.29) is 33.7 Å². The monoisotopic (exact) mass is 432 g/mol. The van der Waals surface area contributed by atoms with E-state index < -0.39 is 16.0 Å². The van der Waals surface area contributed by atoms with Crippen molar-refractivity contribution >= 4 is 21.7 Å². The Balaban J connectivity index is 2.48. The molecular weight excluding hydrogens is 404 g/mol. The van der Waals surface area contributed by atoms with E-state index in [2.05, 4.69) is 0 Å². The summed E-state index contributed by atoms with van der Waals surface area (Å²) in [5, 5.41) is 9.23. The Bertz CT molecular complexity index is 1040. The third-order valence-corrected chi connectivity index (χ3v) is 6.28. The number of methoxy groups -OCH3 is 1. The first-order valence-electron chi connectivity index (χ1n) is 9.62. The van der Waals surface area contributed by atoms with E-state index in [9.17, 15) is 18.5 Å². The van der Waals surface area contributed by atoms with Crippen molar-refractivity contribution < 1.29 is 17.9 Å². The zero-order valence-corrected chi connectivity index (χ0v) is 18.7. The number of nitrogens with zero attached hydrogens (tertiary/aromatic N) is 3. The number of aromatic nitrogens is 1. The number of anilines is 1. The summed E-state index contributed by atoms with van der Waals surface area (Å²) in [6, 6.07) is 8.06. The van der Waals surface area contributed by atoms with Gasteiger partial charge in [-0.15, -0.1) is 0 Å². The fourth-order valence-electron chi connectivity index (χ4n) is 3.13. The van der Waals surface area contributed by atoms with Crippen LogP contribution in [0.2, 0.25) is 0 Å². The predicted octanol–water partition coefficient (Wildman–Crippen LogP) is 3.02. The van der Waals surface area contributed by atoms with Gasteiger partial charge in [0, 0.05) is 25.0 Å². The molecule has 0 saturated carbocycles. The summed E-state index contributed by atoms with van der Waals surface area (Å²) in [7, 11) is -2.45. The molecule has 0 amide bonds. The smallest absolute Gasteiger partial charge is 0.357 e. The minimum atomic E-state index is -3.67. The number of nitrogen functional groups attached to an aromatic ring is 1. The van der Waals surface area contributed by atoms with E-state index in [1.165, 1.54) is 34.3 Å². The van der Waals surface area contributed by atoms with Crippen LogP contribution in [0.25, 0.3) is 5.69 Å². The van der Waals surface area contributed by atoms with Crippen molar-refractivity contribution in [3.05, 3.63) is 41.7 Å². The molecule has 1 aromatic heterocycles. The number of carbonyl (C=O) groups excluding carboxylic acids is 1. The lowest BCUT2D eigenvalue weighted by atomic mass is 10.2. The van der Waals surface area contributed by atoms with Crippen LogP contribution in [0.3, 0.4) is 0 Å². The molecule has 0 saturated heterocycles. The molecule has 0 aliphatic heterocycles. The maximum Gasteiger partial charge on any atom is 0.357 e. The second kappa shape index (κ2) is 9.32. The number of esters is 1. The predicted molar refractivity (Wildman–Crippen MR) is 115 cm³/mol. The van der Waals surface area contributed by atoms with Gasteiger partial charge in [0.25, 0.3) is 0 Å². The van der Waals surface area contributed by atoms with Crippen LogP contribution < -0.4 is 5.73 Å². The van der Waals surface area contributed by atoms with Crippen molar-refractivity contribution in [3.8, 4) is 11.8 Å². The molecular formula is C21H28N4O4S. The van der Waals surface area contributed by atoms with Gasteiger partial charge in [0.2, 0.25) is 10.0 Å². The second-order valence-corrected chi connectivity index (χ2v) is 9.82. The highest BCUT2D eigenvalue weighted by molar-refractivity contribution is 7.89. The zero-order chi connectivity index (χ0) is 22.6. The van der Waals surface area contributed by atoms with Crippen molar-refractivity contribution in [1.82, 2.24) is 8.87 Å². The number of rotatable bonds is 8. The number of ether oxygens (including phenoxy) is 1. The summed E-state index contributed by atoms with van der Waals surface area (Å²) < 4.78 is 34.0. The van der Waals surface area contributed by atoms with Crippen molar-refractivity contribution in [3.63, 3.8) is 0 Å². The van der Waals surface area contributed by atoms with E-state index in [0.717, 1.165) is 0 Å². The molecule has 2 rings (SSSR count). The molecule has 0 atom stereocenters. The largest absolute Gasteiger partial charge is 0.464 e. The first kappa shape index (κ1) is 23.4. The van der Waals surface area contributed by atoms with Gasteiger partial charge in [-0.2, -0.15) is 9.57 Å². The van der Waals surface area contributed by atoms with Crippen LogP contribution in [0.15, 0.2) is 35.4 Å². The molecule has 1 heterocycles. The lowest BCUT2D eigenvalue weighted by Gasteiger charge is -2.25. The Morgan fingerprint density at radius 1 is 1.17 bits per heavy atom. The summed E-state index contributed by atoms with van der Waals surface area (Å²) in [6.45, 7) is 8.75. The fourth-order valence-corrected chi connectivity index (χ4v) is 4.90. The summed E-state index contributed by atoms with van der Waals surface area (Å²) in [5.74, 6) is -0.314. The minimum Gasteiger partial charge on any atom is -0.464 e. The first-order valence-corrected chi connectivity index (χ1v) is 11.1. The van der Waals surface area contributed by atoms with E-state index in [4.69, 9.17) is 10.5 Å². The van der Waals surface area contributed by atoms with Crippen molar-refractivity contribution in [2.75, 3.05) is 25.9 Å². The minimum absolute atomic E-state index is 0.0149. The van der Waals surface area contributed by atoms with Crippen LogP contribution in [0.5, 0.6) is 0 Å². The summed E-state index contributed by atoms with van der Waals surface area (Å²) >= 11 is 0. The standard InChI is InChI=1S/C21H28N4O4S/c1-14(2)11-24(12-15(3)4)30(27,28)18-8-6-17(7-9-18)25-13-16(10-22)19(23)20(25)21(26)29-5/h6-9,13-15H,11-12,23H2,1-5H3. The Kier molecular flexibility index (Phi) is 7.29. The highest BCUT2D eigenvalue weighted by Crippen LogP contribution is 2.26. The molecule has 8 nitrogen and oxygen atoms in total. The zero-order valence-electron chi connectivity index (χ0n) is 17.9. The SMILES string of the molecule is COC(=O)c1c(N)c(C#N)cn1-c1ccc(S(=O)(=O)N(CC(C)C)CC(C)C)cc1. The lowest BCUT2D eigenvalue weighted by molar-refractivity contribution is 0.0593. The molecule has 0 aliphatic rings. The highest BCUT2D eigenvalue weighted by atomic mass is 32.2. The van der Waals surface area contributed by atoms with Gasteiger partial charge in [0.15, 0.2) is 5.69 Å². The molecule has 0 radical (unpaired) electrons. The molecule has 0 spiro atoms. The Morgan fingerprint density at radius 2 is 1.70 bits per heavy atom. The van der Waals surface area contributed by atoms with Crippen molar-refractivity contribution in [2.24, 2.45) is 11.8 Å². The molecule has 0 unspecified atom stereocenters. The van der Waals surface area contributed by atoms with E-state index in [1.807, 2.05) is 33.8 Å². The van der Waals surface area contributed by atoms with Crippen LogP contribution in [0.1, 0.15) is 43.7 Å². The van der Waals surface area contributed by atoms with E-state index >= 15 is 0 Å². The van der Waals surface area contributed by atoms with Crippen LogP contribution >= 0.6 is 0 Å². The third-order valence-electron chi connectivity index (χ3n) is 4.43. The number of carbonyl (C=O) groups is 1. The number of hydrogen-bond donors (Lipinski definition) is 1. The van der Waals surface area contributed by atoms with Gasteiger partial charge in [-0.1, -0.05) is 27.7 Å². The van der Waals surface area contributed by atoms with Gasteiger partial charge < -0.3 is 15.0 Å². The number of nitriles is 1. The molecule has 2 aromatic rings. The maximum atomic E-state index is 13.2. The van der Waals surface area contributed by atoms with Crippen LogP contribution in [-0.2, 0) is 14.8 Å². The number of nitrogens with two attached hydrogens (primary N) is 1. The molecule has 0 bridgehead atoms. The number of benzene rings is 1. The van der Waals surface area contributed by atoms with E-state index in [0.29, 0.717) is 18.8 Å². The number of sulfonamides is 1. The summed E-state index contributed by atoms with van der Waals surface area (Å²) in [6.07, 6.45) is 1.43. The molecule has 1 aromatic carbocycles. The normalized spacial score (nSPS) is 11.8. The average Bonchev–Trinajstić information content (AvgIpc) is 3.02. The van der Waals surface area contributed by atoms with Gasteiger partial charge >= 0.3 is 5.97 Å².